The molecule has 0 spiro atoms. The van der Waals surface area contributed by atoms with E-state index in [2.05, 4.69) is 39.1 Å². The van der Waals surface area contributed by atoms with Gasteiger partial charge in [0.25, 0.3) is 0 Å². The Morgan fingerprint density at radius 1 is 1.27 bits per heavy atom. The predicted octanol–water partition coefficient (Wildman–Crippen LogP) is 2.68. The second kappa shape index (κ2) is 4.67. The molecule has 15 heavy (non-hydrogen) atoms. The van der Waals surface area contributed by atoms with E-state index in [9.17, 15) is 0 Å². The molecule has 0 aromatic heterocycles. The van der Waals surface area contributed by atoms with E-state index < -0.39 is 0 Å². The van der Waals surface area contributed by atoms with Gasteiger partial charge in [-0.3, -0.25) is 0 Å². The first-order valence-electron chi connectivity index (χ1n) is 5.34. The molecule has 0 saturated heterocycles. The smallest absolute Gasteiger partial charge is 0.122 e. The summed E-state index contributed by atoms with van der Waals surface area (Å²) < 4.78 is 5.81. The summed E-state index contributed by atoms with van der Waals surface area (Å²) in [6.07, 6.45) is 0. The molecule has 0 aliphatic heterocycles. The molecule has 0 unspecified atom stereocenters. The molecular formula is C13H21NO. The van der Waals surface area contributed by atoms with Crippen LogP contribution < -0.4 is 10.1 Å². The summed E-state index contributed by atoms with van der Waals surface area (Å²) in [4.78, 5) is 0. The first-order chi connectivity index (χ1) is 6.96. The fraction of sp³-hybridized carbons (Fsp3) is 0.538. The van der Waals surface area contributed by atoms with Crippen LogP contribution in [0.5, 0.6) is 5.75 Å². The van der Waals surface area contributed by atoms with Crippen LogP contribution in [-0.4, -0.2) is 19.2 Å². The molecule has 1 N–H and O–H groups in total. The highest BCUT2D eigenvalue weighted by molar-refractivity contribution is 5.38. The third kappa shape index (κ3) is 3.24. The highest BCUT2D eigenvalue weighted by Crippen LogP contribution is 2.21. The van der Waals surface area contributed by atoms with E-state index in [1.165, 1.54) is 11.1 Å². The van der Waals surface area contributed by atoms with Gasteiger partial charge < -0.3 is 10.1 Å². The maximum Gasteiger partial charge on any atom is 0.122 e. The van der Waals surface area contributed by atoms with Crippen LogP contribution in [0.1, 0.15) is 25.0 Å². The fourth-order valence-electron chi connectivity index (χ4n) is 1.21. The van der Waals surface area contributed by atoms with E-state index in [4.69, 9.17) is 4.74 Å². The topological polar surface area (TPSA) is 21.3 Å². The quantitative estimate of drug-likeness (QED) is 0.819. The summed E-state index contributed by atoms with van der Waals surface area (Å²) in [6.45, 7) is 9.12. The van der Waals surface area contributed by atoms with Crippen molar-refractivity contribution in [2.75, 3.05) is 13.7 Å². The van der Waals surface area contributed by atoms with Crippen molar-refractivity contribution in [2.24, 2.45) is 0 Å². The van der Waals surface area contributed by atoms with Crippen molar-refractivity contribution >= 4 is 0 Å². The van der Waals surface area contributed by atoms with Crippen molar-refractivity contribution < 1.29 is 4.74 Å². The van der Waals surface area contributed by atoms with Crippen LogP contribution in [0.3, 0.4) is 0 Å². The molecule has 0 aliphatic rings. The van der Waals surface area contributed by atoms with Gasteiger partial charge in [-0.15, -0.1) is 0 Å². The van der Waals surface area contributed by atoms with Gasteiger partial charge in [0.1, 0.15) is 12.4 Å². The average molecular weight is 207 g/mol. The Kier molecular flexibility index (Phi) is 3.75. The van der Waals surface area contributed by atoms with E-state index in [-0.39, 0.29) is 5.54 Å². The number of rotatable bonds is 4. The fourth-order valence-corrected chi connectivity index (χ4v) is 1.21. The number of likely N-dealkylation sites (N-methyl/N-ethyl adjacent to an activating group) is 1. The number of aryl methyl sites for hydroxylation is 1. The SMILES string of the molecule is CNC(C)(C)COc1cccc(C)c1C. The van der Waals surface area contributed by atoms with Gasteiger partial charge in [-0.25, -0.2) is 0 Å². The molecule has 1 aromatic rings. The lowest BCUT2D eigenvalue weighted by Gasteiger charge is -2.24. The maximum absolute atomic E-state index is 5.81. The second-order valence-corrected chi connectivity index (χ2v) is 4.62. The first kappa shape index (κ1) is 12.1. The maximum atomic E-state index is 5.81. The second-order valence-electron chi connectivity index (χ2n) is 4.62. The van der Waals surface area contributed by atoms with Crippen molar-refractivity contribution in [3.8, 4) is 5.75 Å². The van der Waals surface area contributed by atoms with Crippen molar-refractivity contribution in [1.29, 1.82) is 0 Å². The standard InChI is InChI=1S/C13H21NO/c1-10-7-6-8-12(11(10)2)15-9-13(3,4)14-5/h6-8,14H,9H2,1-5H3. The lowest BCUT2D eigenvalue weighted by atomic mass is 10.1. The van der Waals surface area contributed by atoms with Gasteiger partial charge in [0, 0.05) is 5.54 Å². The number of benzene rings is 1. The summed E-state index contributed by atoms with van der Waals surface area (Å²) >= 11 is 0. The Hall–Kier alpha value is -1.02. The molecule has 0 radical (unpaired) electrons. The van der Waals surface area contributed by atoms with E-state index in [0.29, 0.717) is 6.61 Å². The van der Waals surface area contributed by atoms with E-state index >= 15 is 0 Å². The number of hydrogen-bond acceptors (Lipinski definition) is 2. The molecule has 0 aliphatic carbocycles. The highest BCUT2D eigenvalue weighted by Gasteiger charge is 2.15. The normalized spacial score (nSPS) is 11.5. The molecule has 1 aromatic carbocycles. The predicted molar refractivity (Wildman–Crippen MR) is 64.5 cm³/mol. The minimum absolute atomic E-state index is 0.0101. The summed E-state index contributed by atoms with van der Waals surface area (Å²) in [6, 6.07) is 6.16. The molecule has 84 valence electrons. The molecule has 2 nitrogen and oxygen atoms in total. The summed E-state index contributed by atoms with van der Waals surface area (Å²) in [7, 11) is 1.95. The monoisotopic (exact) mass is 207 g/mol. The third-order valence-corrected chi connectivity index (χ3v) is 2.82. The van der Waals surface area contributed by atoms with E-state index in [0.717, 1.165) is 5.75 Å². The van der Waals surface area contributed by atoms with Crippen LogP contribution in [0.4, 0.5) is 0 Å². The molecule has 0 atom stereocenters. The minimum atomic E-state index is 0.0101. The summed E-state index contributed by atoms with van der Waals surface area (Å²) in [5.74, 6) is 0.985. The lowest BCUT2D eigenvalue weighted by Crippen LogP contribution is -2.42. The molecule has 1 rings (SSSR count). The van der Waals surface area contributed by atoms with Crippen LogP contribution in [-0.2, 0) is 0 Å². The molecule has 0 heterocycles. The molecule has 0 bridgehead atoms. The van der Waals surface area contributed by atoms with Gasteiger partial charge in [-0.05, 0) is 51.9 Å². The van der Waals surface area contributed by atoms with Crippen LogP contribution in [0, 0.1) is 13.8 Å². The van der Waals surface area contributed by atoms with Crippen LogP contribution in [0.25, 0.3) is 0 Å². The Morgan fingerprint density at radius 2 is 1.93 bits per heavy atom. The van der Waals surface area contributed by atoms with Gasteiger partial charge in [-0.1, -0.05) is 12.1 Å². The van der Waals surface area contributed by atoms with Crippen molar-refractivity contribution in [3.05, 3.63) is 29.3 Å². The minimum Gasteiger partial charge on any atom is -0.491 e. The van der Waals surface area contributed by atoms with Crippen LogP contribution in [0.15, 0.2) is 18.2 Å². The Balaban J connectivity index is 2.70. The zero-order valence-corrected chi connectivity index (χ0v) is 10.3. The number of ether oxygens (including phenoxy) is 1. The number of nitrogens with one attached hydrogen (secondary N) is 1. The summed E-state index contributed by atoms with van der Waals surface area (Å²) in [5, 5.41) is 3.22. The van der Waals surface area contributed by atoms with Gasteiger partial charge >= 0.3 is 0 Å². The highest BCUT2D eigenvalue weighted by atomic mass is 16.5. The van der Waals surface area contributed by atoms with Gasteiger partial charge in [0.05, 0.1) is 0 Å². The van der Waals surface area contributed by atoms with Crippen molar-refractivity contribution in [3.63, 3.8) is 0 Å². The van der Waals surface area contributed by atoms with Crippen LogP contribution in [0.2, 0.25) is 0 Å². The third-order valence-electron chi connectivity index (χ3n) is 2.82. The molecule has 0 fully saturated rings. The van der Waals surface area contributed by atoms with Crippen molar-refractivity contribution in [1.82, 2.24) is 5.32 Å². The first-order valence-corrected chi connectivity index (χ1v) is 5.34. The molecule has 2 heteroatoms. The number of hydrogen-bond donors (Lipinski definition) is 1. The molecule has 0 saturated carbocycles. The lowest BCUT2D eigenvalue weighted by molar-refractivity contribution is 0.216. The Labute approximate surface area is 92.6 Å². The van der Waals surface area contributed by atoms with Gasteiger partial charge in [0.2, 0.25) is 0 Å². The van der Waals surface area contributed by atoms with E-state index in [1.807, 2.05) is 19.2 Å². The zero-order valence-electron chi connectivity index (χ0n) is 10.3. The summed E-state index contributed by atoms with van der Waals surface area (Å²) in [5.41, 5.74) is 2.51. The zero-order chi connectivity index (χ0) is 11.5. The molecule has 0 amide bonds. The average Bonchev–Trinajstić information content (AvgIpc) is 2.20. The van der Waals surface area contributed by atoms with Gasteiger partial charge in [-0.2, -0.15) is 0 Å². The van der Waals surface area contributed by atoms with E-state index in [1.54, 1.807) is 0 Å². The molecular weight excluding hydrogens is 186 g/mol. The van der Waals surface area contributed by atoms with Gasteiger partial charge in [0.15, 0.2) is 0 Å². The van der Waals surface area contributed by atoms with Crippen LogP contribution >= 0.6 is 0 Å². The largest absolute Gasteiger partial charge is 0.491 e. The Morgan fingerprint density at radius 3 is 2.53 bits per heavy atom. The Bertz CT molecular complexity index is 331. The van der Waals surface area contributed by atoms with Crippen molar-refractivity contribution in [2.45, 2.75) is 33.2 Å².